The zero-order chi connectivity index (χ0) is 5.86. The third-order valence-corrected chi connectivity index (χ3v) is 1.12. The molecule has 0 saturated carbocycles. The van der Waals surface area contributed by atoms with Gasteiger partial charge in [0.1, 0.15) is 0 Å². The Balaban J connectivity index is 3.82. The molecule has 7 heavy (non-hydrogen) atoms. The summed E-state index contributed by atoms with van der Waals surface area (Å²) in [4.78, 5) is 10.2. The number of hydrogen-bond donors (Lipinski definition) is 1. The molecular formula is C5H8OS. The summed E-state index contributed by atoms with van der Waals surface area (Å²) >= 11 is 3.57. The molecule has 0 bridgehead atoms. The molecule has 0 atom stereocenters. The number of rotatable bonds is 1. The number of carbonyl (C=O) groups excluding carboxylic acids is 1. The highest BCUT2D eigenvalue weighted by atomic mass is 32.1. The minimum atomic E-state index is -0.150. The van der Waals surface area contributed by atoms with Crippen molar-refractivity contribution >= 4 is 17.7 Å². The molecule has 0 aromatic heterocycles. The van der Waals surface area contributed by atoms with Crippen molar-refractivity contribution in [2.45, 2.75) is 13.8 Å². The van der Waals surface area contributed by atoms with Crippen molar-refractivity contribution in [2.24, 2.45) is 0 Å². The van der Waals surface area contributed by atoms with Gasteiger partial charge in [0.15, 0.2) is 0 Å². The molecule has 0 radical (unpaired) electrons. The average molecular weight is 116 g/mol. The van der Waals surface area contributed by atoms with Crippen LogP contribution >= 0.6 is 12.6 Å². The third kappa shape index (κ3) is 2.45. The Bertz CT molecular complexity index is 105. The first-order chi connectivity index (χ1) is 3.18. The topological polar surface area (TPSA) is 17.1 Å². The lowest BCUT2D eigenvalue weighted by Gasteiger charge is -1.84. The highest BCUT2D eigenvalue weighted by Gasteiger charge is 1.90. The first-order valence-corrected chi connectivity index (χ1v) is 2.49. The summed E-state index contributed by atoms with van der Waals surface area (Å²) in [6, 6.07) is 0. The van der Waals surface area contributed by atoms with E-state index in [0.717, 1.165) is 0 Å². The smallest absolute Gasteiger partial charge is 0.211 e. The third-order valence-electron chi connectivity index (χ3n) is 0.770. The molecule has 1 nitrogen and oxygen atoms in total. The Hall–Kier alpha value is -0.240. The Labute approximate surface area is 48.8 Å². The van der Waals surface area contributed by atoms with E-state index in [2.05, 4.69) is 12.6 Å². The summed E-state index contributed by atoms with van der Waals surface area (Å²) < 4.78 is 0. The molecular weight excluding hydrogens is 108 g/mol. The quantitative estimate of drug-likeness (QED) is 0.405. The molecule has 0 aliphatic heterocycles. The van der Waals surface area contributed by atoms with Gasteiger partial charge < -0.3 is 0 Å². The average Bonchev–Trinajstić information content (AvgIpc) is 1.65. The maximum atomic E-state index is 10.2. The molecule has 0 heterocycles. The van der Waals surface area contributed by atoms with Gasteiger partial charge in [-0.15, -0.1) is 12.6 Å². The summed E-state index contributed by atoms with van der Waals surface area (Å²) in [7, 11) is 0. The normalized spacial score (nSPS) is 11.6. The Kier molecular flexibility index (Phi) is 2.76. The van der Waals surface area contributed by atoms with Gasteiger partial charge in [-0.05, 0) is 19.4 Å². The molecule has 0 saturated heterocycles. The van der Waals surface area contributed by atoms with Gasteiger partial charge in [-0.2, -0.15) is 0 Å². The molecule has 0 spiro atoms. The largest absolute Gasteiger partial charge is 0.282 e. The van der Waals surface area contributed by atoms with Crippen LogP contribution in [0.3, 0.4) is 0 Å². The molecule has 40 valence electrons. The molecule has 2 heteroatoms. The summed E-state index contributed by atoms with van der Waals surface area (Å²) in [6.45, 7) is 3.54. The van der Waals surface area contributed by atoms with E-state index in [1.54, 1.807) is 13.0 Å². The van der Waals surface area contributed by atoms with Crippen LogP contribution in [0.1, 0.15) is 13.8 Å². The zero-order valence-electron chi connectivity index (χ0n) is 4.43. The van der Waals surface area contributed by atoms with Gasteiger partial charge in [0.25, 0.3) is 0 Å². The van der Waals surface area contributed by atoms with Crippen molar-refractivity contribution in [1.29, 1.82) is 0 Å². The second-order valence-electron chi connectivity index (χ2n) is 1.28. The second-order valence-corrected chi connectivity index (χ2v) is 1.68. The molecule has 0 aromatic rings. The first-order valence-electron chi connectivity index (χ1n) is 2.04. The Morgan fingerprint density at radius 2 is 2.14 bits per heavy atom. The van der Waals surface area contributed by atoms with Gasteiger partial charge in [0.2, 0.25) is 5.12 Å². The van der Waals surface area contributed by atoms with Gasteiger partial charge in [-0.3, -0.25) is 4.79 Å². The highest BCUT2D eigenvalue weighted by Crippen LogP contribution is 1.95. The molecule has 0 N–H and O–H groups in total. The van der Waals surface area contributed by atoms with Crippen molar-refractivity contribution in [3.8, 4) is 0 Å². The van der Waals surface area contributed by atoms with Gasteiger partial charge in [-0.25, -0.2) is 0 Å². The first kappa shape index (κ1) is 6.76. The monoisotopic (exact) mass is 116 g/mol. The van der Waals surface area contributed by atoms with Crippen molar-refractivity contribution in [1.82, 2.24) is 0 Å². The van der Waals surface area contributed by atoms with Gasteiger partial charge in [0, 0.05) is 0 Å². The minimum absolute atomic E-state index is 0.150. The van der Waals surface area contributed by atoms with Crippen molar-refractivity contribution in [2.75, 3.05) is 0 Å². The van der Waals surface area contributed by atoms with E-state index in [9.17, 15) is 4.79 Å². The molecule has 0 unspecified atom stereocenters. The standard InChI is InChI=1S/C5H8OS/c1-3-4(2)5(6)7/h3H,1-2H3,(H,6,7). The van der Waals surface area contributed by atoms with Gasteiger partial charge in [0.05, 0.1) is 0 Å². The van der Waals surface area contributed by atoms with Crippen LogP contribution in [0.25, 0.3) is 0 Å². The number of hydrogen-bond acceptors (Lipinski definition) is 1. The summed E-state index contributed by atoms with van der Waals surface area (Å²) in [5.74, 6) is 0. The molecule has 0 aliphatic rings. The van der Waals surface area contributed by atoms with Gasteiger partial charge >= 0.3 is 0 Å². The fourth-order valence-electron chi connectivity index (χ4n) is 0.123. The zero-order valence-corrected chi connectivity index (χ0v) is 5.33. The van der Waals surface area contributed by atoms with Crippen LogP contribution in [-0.4, -0.2) is 5.12 Å². The van der Waals surface area contributed by atoms with Crippen LogP contribution in [0, 0.1) is 0 Å². The highest BCUT2D eigenvalue weighted by molar-refractivity contribution is 7.97. The fraction of sp³-hybridized carbons (Fsp3) is 0.400. The summed E-state index contributed by atoms with van der Waals surface area (Å²) in [6.07, 6.45) is 1.73. The van der Waals surface area contributed by atoms with Gasteiger partial charge in [-0.1, -0.05) is 6.08 Å². The van der Waals surface area contributed by atoms with E-state index in [1.807, 2.05) is 6.92 Å². The van der Waals surface area contributed by atoms with Crippen LogP contribution in [0.5, 0.6) is 0 Å². The predicted molar refractivity (Wildman–Crippen MR) is 33.4 cm³/mol. The van der Waals surface area contributed by atoms with E-state index in [4.69, 9.17) is 0 Å². The van der Waals surface area contributed by atoms with Crippen LogP contribution in [0.2, 0.25) is 0 Å². The SMILES string of the molecule is CC=C(C)C(=O)S. The lowest BCUT2D eigenvalue weighted by Crippen LogP contribution is -1.84. The number of allylic oxidation sites excluding steroid dienone is 1. The van der Waals surface area contributed by atoms with Crippen molar-refractivity contribution in [3.05, 3.63) is 11.6 Å². The maximum absolute atomic E-state index is 10.2. The second kappa shape index (κ2) is 2.86. The van der Waals surface area contributed by atoms with E-state index in [1.165, 1.54) is 0 Å². The lowest BCUT2D eigenvalue weighted by molar-refractivity contribution is -0.107. The number of thiol groups is 1. The molecule has 0 aliphatic carbocycles. The maximum Gasteiger partial charge on any atom is 0.211 e. The predicted octanol–water partition coefficient (Wildman–Crippen LogP) is 1.41. The molecule has 0 rings (SSSR count). The van der Waals surface area contributed by atoms with E-state index < -0.39 is 0 Å². The van der Waals surface area contributed by atoms with Crippen molar-refractivity contribution < 1.29 is 4.79 Å². The van der Waals surface area contributed by atoms with E-state index >= 15 is 0 Å². The summed E-state index contributed by atoms with van der Waals surface area (Å²) in [5, 5.41) is -0.150. The Morgan fingerprint density at radius 1 is 1.71 bits per heavy atom. The molecule has 0 fully saturated rings. The number of carbonyl (C=O) groups is 1. The minimum Gasteiger partial charge on any atom is -0.282 e. The summed E-state index contributed by atoms with van der Waals surface area (Å²) in [5.41, 5.74) is 0.698. The van der Waals surface area contributed by atoms with Crippen LogP contribution < -0.4 is 0 Å². The van der Waals surface area contributed by atoms with Crippen LogP contribution in [-0.2, 0) is 4.79 Å². The van der Waals surface area contributed by atoms with Crippen molar-refractivity contribution in [3.63, 3.8) is 0 Å². The van der Waals surface area contributed by atoms with Crippen LogP contribution in [0.15, 0.2) is 11.6 Å². The molecule has 0 aromatic carbocycles. The molecule has 0 amide bonds. The van der Waals surface area contributed by atoms with E-state index in [-0.39, 0.29) is 5.12 Å². The lowest BCUT2D eigenvalue weighted by atomic mass is 10.3. The Morgan fingerprint density at radius 3 is 2.14 bits per heavy atom. The van der Waals surface area contributed by atoms with E-state index in [0.29, 0.717) is 5.57 Å². The van der Waals surface area contributed by atoms with Crippen LogP contribution in [0.4, 0.5) is 0 Å². The fourth-order valence-corrected chi connectivity index (χ4v) is 0.253.